The molecule has 0 radical (unpaired) electrons. The summed E-state index contributed by atoms with van der Waals surface area (Å²) in [6, 6.07) is 0. The van der Waals surface area contributed by atoms with E-state index in [-0.39, 0.29) is 12.2 Å². The zero-order valence-corrected chi connectivity index (χ0v) is 10.6. The van der Waals surface area contributed by atoms with Crippen LogP contribution in [0.2, 0.25) is 0 Å². The second kappa shape index (κ2) is 9.46. The van der Waals surface area contributed by atoms with Crippen LogP contribution in [0.4, 0.5) is 4.79 Å². The molecule has 0 saturated heterocycles. The second-order valence-electron chi connectivity index (χ2n) is 3.93. The molecule has 4 heteroatoms. The van der Waals surface area contributed by atoms with E-state index in [4.69, 9.17) is 14.6 Å². The average molecular weight is 232 g/mol. The summed E-state index contributed by atoms with van der Waals surface area (Å²) in [7, 11) is 0. The molecule has 0 heterocycles. The number of unbranched alkanes of at least 4 members (excludes halogenated alkanes) is 3. The fraction of sp³-hybridized carbons (Fsp3) is 0.917. The third-order valence-corrected chi connectivity index (χ3v) is 2.53. The summed E-state index contributed by atoms with van der Waals surface area (Å²) in [6.07, 6.45) is 3.77. The molecule has 0 aromatic rings. The lowest BCUT2D eigenvalue weighted by molar-refractivity contribution is -0.0492. The Labute approximate surface area is 97.9 Å². The predicted molar refractivity (Wildman–Crippen MR) is 62.7 cm³/mol. The van der Waals surface area contributed by atoms with Crippen LogP contribution in [0.5, 0.6) is 0 Å². The van der Waals surface area contributed by atoms with Gasteiger partial charge in [0.05, 0.1) is 6.10 Å². The summed E-state index contributed by atoms with van der Waals surface area (Å²) in [6.45, 7) is 6.41. The normalized spacial score (nSPS) is 14.4. The molecule has 0 saturated carbocycles. The van der Waals surface area contributed by atoms with Gasteiger partial charge in [-0.15, -0.1) is 0 Å². The van der Waals surface area contributed by atoms with E-state index in [2.05, 4.69) is 6.92 Å². The fourth-order valence-corrected chi connectivity index (χ4v) is 1.67. The highest BCUT2D eigenvalue weighted by atomic mass is 16.7. The van der Waals surface area contributed by atoms with Crippen molar-refractivity contribution in [3.8, 4) is 0 Å². The summed E-state index contributed by atoms with van der Waals surface area (Å²) in [4.78, 5) is 10.4. The number of hydrogen-bond acceptors (Lipinski definition) is 3. The van der Waals surface area contributed by atoms with Gasteiger partial charge in [0.1, 0.15) is 6.10 Å². The van der Waals surface area contributed by atoms with E-state index < -0.39 is 6.16 Å². The minimum absolute atomic E-state index is 0.113. The topological polar surface area (TPSA) is 55.8 Å². The van der Waals surface area contributed by atoms with Gasteiger partial charge in [0.2, 0.25) is 0 Å². The summed E-state index contributed by atoms with van der Waals surface area (Å²) < 4.78 is 10.2. The quantitative estimate of drug-likeness (QED) is 0.488. The maximum atomic E-state index is 10.4. The van der Waals surface area contributed by atoms with E-state index in [1.807, 2.05) is 6.92 Å². The van der Waals surface area contributed by atoms with Crippen LogP contribution in [0.15, 0.2) is 0 Å². The Morgan fingerprint density at radius 1 is 1.25 bits per heavy atom. The molecule has 0 aromatic heterocycles. The van der Waals surface area contributed by atoms with Gasteiger partial charge < -0.3 is 14.6 Å². The van der Waals surface area contributed by atoms with Crippen LogP contribution in [-0.2, 0) is 9.47 Å². The summed E-state index contributed by atoms with van der Waals surface area (Å²) in [5.41, 5.74) is 0. The zero-order chi connectivity index (χ0) is 12.4. The molecule has 0 aliphatic heterocycles. The van der Waals surface area contributed by atoms with Gasteiger partial charge in [-0.1, -0.05) is 32.6 Å². The minimum Gasteiger partial charge on any atom is -0.450 e. The Bertz CT molecular complexity index is 182. The van der Waals surface area contributed by atoms with Gasteiger partial charge in [-0.2, -0.15) is 0 Å². The van der Waals surface area contributed by atoms with Crippen LogP contribution in [0.3, 0.4) is 0 Å². The lowest BCUT2D eigenvalue weighted by Crippen LogP contribution is -2.30. The first-order valence-corrected chi connectivity index (χ1v) is 6.13. The van der Waals surface area contributed by atoms with Crippen molar-refractivity contribution in [1.29, 1.82) is 0 Å². The Kier molecular flexibility index (Phi) is 9.00. The van der Waals surface area contributed by atoms with Crippen molar-refractivity contribution < 1.29 is 19.4 Å². The molecule has 0 amide bonds. The van der Waals surface area contributed by atoms with Gasteiger partial charge in [0.25, 0.3) is 0 Å². The van der Waals surface area contributed by atoms with Gasteiger partial charge >= 0.3 is 6.16 Å². The van der Waals surface area contributed by atoms with Gasteiger partial charge in [0.15, 0.2) is 0 Å². The molecule has 0 rings (SSSR count). The summed E-state index contributed by atoms with van der Waals surface area (Å²) in [5, 5.41) is 8.53. The first-order valence-electron chi connectivity index (χ1n) is 6.13. The first-order chi connectivity index (χ1) is 7.61. The van der Waals surface area contributed by atoms with Crippen molar-refractivity contribution in [2.75, 3.05) is 6.61 Å². The van der Waals surface area contributed by atoms with Crippen LogP contribution < -0.4 is 0 Å². The van der Waals surface area contributed by atoms with Crippen molar-refractivity contribution in [3.05, 3.63) is 0 Å². The van der Waals surface area contributed by atoms with Crippen molar-refractivity contribution in [1.82, 2.24) is 0 Å². The highest BCUT2D eigenvalue weighted by molar-refractivity contribution is 5.57. The third kappa shape index (κ3) is 7.51. The highest BCUT2D eigenvalue weighted by Crippen LogP contribution is 2.14. The number of ether oxygens (including phenoxy) is 2. The summed E-state index contributed by atoms with van der Waals surface area (Å²) >= 11 is 0. The van der Waals surface area contributed by atoms with Crippen molar-refractivity contribution >= 4 is 6.16 Å². The number of carboxylic acid groups (broad SMARTS) is 1. The van der Waals surface area contributed by atoms with Crippen molar-refractivity contribution in [2.45, 2.75) is 65.1 Å². The molecule has 0 aromatic carbocycles. The molecule has 0 bridgehead atoms. The third-order valence-electron chi connectivity index (χ3n) is 2.53. The maximum absolute atomic E-state index is 10.4. The molecular formula is C12H24O4. The maximum Gasteiger partial charge on any atom is 0.506 e. The predicted octanol–water partition coefficient (Wildman–Crippen LogP) is 3.45. The van der Waals surface area contributed by atoms with E-state index in [0.717, 1.165) is 12.8 Å². The number of hydrogen-bond donors (Lipinski definition) is 1. The summed E-state index contributed by atoms with van der Waals surface area (Å²) in [5.74, 6) is 0. The smallest absolute Gasteiger partial charge is 0.450 e. The monoisotopic (exact) mass is 232 g/mol. The van der Waals surface area contributed by atoms with E-state index in [1.54, 1.807) is 6.92 Å². The molecule has 16 heavy (non-hydrogen) atoms. The van der Waals surface area contributed by atoms with Crippen LogP contribution in [-0.4, -0.2) is 30.1 Å². The molecule has 96 valence electrons. The average Bonchev–Trinajstić information content (AvgIpc) is 2.21. The van der Waals surface area contributed by atoms with Crippen LogP contribution in [0, 0.1) is 0 Å². The SMILES string of the molecule is CCCCCCC(OCC)C(C)OC(=O)O. The van der Waals surface area contributed by atoms with E-state index in [1.165, 1.54) is 19.3 Å². The largest absolute Gasteiger partial charge is 0.506 e. The first kappa shape index (κ1) is 15.2. The van der Waals surface area contributed by atoms with Gasteiger partial charge in [-0.25, -0.2) is 4.79 Å². The molecule has 1 N–H and O–H groups in total. The number of carbonyl (C=O) groups is 1. The Balaban J connectivity index is 3.89. The molecule has 0 spiro atoms. The van der Waals surface area contributed by atoms with Gasteiger partial charge in [-0.05, 0) is 20.3 Å². The van der Waals surface area contributed by atoms with Gasteiger partial charge in [0, 0.05) is 6.61 Å². The van der Waals surface area contributed by atoms with Crippen LogP contribution in [0.25, 0.3) is 0 Å². The minimum atomic E-state index is -1.23. The lowest BCUT2D eigenvalue weighted by atomic mass is 10.1. The van der Waals surface area contributed by atoms with E-state index >= 15 is 0 Å². The Hall–Kier alpha value is -0.770. The molecule has 2 atom stereocenters. The molecule has 2 unspecified atom stereocenters. The second-order valence-corrected chi connectivity index (χ2v) is 3.93. The molecule has 4 nitrogen and oxygen atoms in total. The molecule has 0 aliphatic carbocycles. The zero-order valence-electron chi connectivity index (χ0n) is 10.6. The van der Waals surface area contributed by atoms with Crippen molar-refractivity contribution in [2.24, 2.45) is 0 Å². The van der Waals surface area contributed by atoms with Crippen LogP contribution in [0.1, 0.15) is 52.9 Å². The molecule has 0 fully saturated rings. The standard InChI is InChI=1S/C12H24O4/c1-4-6-7-8-9-11(15-5-2)10(3)16-12(13)14/h10-11H,4-9H2,1-3H3,(H,13,14). The Morgan fingerprint density at radius 2 is 1.94 bits per heavy atom. The van der Waals surface area contributed by atoms with Crippen molar-refractivity contribution in [3.63, 3.8) is 0 Å². The number of rotatable bonds is 9. The van der Waals surface area contributed by atoms with Gasteiger partial charge in [-0.3, -0.25) is 0 Å². The fourth-order valence-electron chi connectivity index (χ4n) is 1.67. The van der Waals surface area contributed by atoms with Crippen LogP contribution >= 0.6 is 0 Å². The van der Waals surface area contributed by atoms with E-state index in [9.17, 15) is 4.79 Å². The highest BCUT2D eigenvalue weighted by Gasteiger charge is 2.20. The Morgan fingerprint density at radius 3 is 2.44 bits per heavy atom. The molecular weight excluding hydrogens is 208 g/mol. The van der Waals surface area contributed by atoms with E-state index in [0.29, 0.717) is 6.61 Å². The lowest BCUT2D eigenvalue weighted by Gasteiger charge is -2.22. The molecule has 0 aliphatic rings.